The Balaban J connectivity index is 1.92. The van der Waals surface area contributed by atoms with Gasteiger partial charge >= 0.3 is 5.97 Å². The largest absolute Gasteiger partial charge is 0.465 e. The minimum atomic E-state index is -3.72. The number of piperidine rings is 1. The summed E-state index contributed by atoms with van der Waals surface area (Å²) >= 11 is 0. The van der Waals surface area contributed by atoms with Gasteiger partial charge in [-0.2, -0.15) is 0 Å². The minimum absolute atomic E-state index is 0.0372. The molecule has 1 saturated heterocycles. The van der Waals surface area contributed by atoms with Gasteiger partial charge in [-0.15, -0.1) is 0 Å². The van der Waals surface area contributed by atoms with Gasteiger partial charge in [0.15, 0.2) is 0 Å². The van der Waals surface area contributed by atoms with Crippen LogP contribution in [0.3, 0.4) is 0 Å². The van der Waals surface area contributed by atoms with Crippen LogP contribution in [0.25, 0.3) is 0 Å². The number of nitrogens with one attached hydrogen (secondary N) is 1. The van der Waals surface area contributed by atoms with E-state index in [0.717, 1.165) is 26.1 Å². The zero-order chi connectivity index (χ0) is 16.7. The van der Waals surface area contributed by atoms with E-state index in [-0.39, 0.29) is 10.5 Å². The molecule has 0 amide bonds. The smallest absolute Gasteiger partial charge is 0.339 e. The van der Waals surface area contributed by atoms with Crippen molar-refractivity contribution in [3.63, 3.8) is 0 Å². The Morgan fingerprint density at radius 2 is 1.91 bits per heavy atom. The molecule has 0 bridgehead atoms. The second-order valence-electron chi connectivity index (χ2n) is 5.64. The molecular formula is C16H24N2O4S. The molecule has 0 saturated carbocycles. The Labute approximate surface area is 137 Å². The third kappa shape index (κ3) is 5.02. The fourth-order valence-corrected chi connectivity index (χ4v) is 4.02. The van der Waals surface area contributed by atoms with E-state index in [2.05, 4.69) is 14.4 Å². The number of rotatable bonds is 7. The van der Waals surface area contributed by atoms with Gasteiger partial charge in [-0.25, -0.2) is 17.9 Å². The highest BCUT2D eigenvalue weighted by Crippen LogP contribution is 2.16. The number of esters is 1. The van der Waals surface area contributed by atoms with Gasteiger partial charge in [0.1, 0.15) is 0 Å². The first kappa shape index (κ1) is 17.9. The normalized spacial score (nSPS) is 16.2. The molecule has 1 heterocycles. The fourth-order valence-electron chi connectivity index (χ4n) is 2.75. The highest BCUT2D eigenvalue weighted by Gasteiger charge is 2.22. The topological polar surface area (TPSA) is 75.7 Å². The maximum atomic E-state index is 12.4. The first-order chi connectivity index (χ1) is 11.0. The van der Waals surface area contributed by atoms with Crippen molar-refractivity contribution >= 4 is 16.0 Å². The third-order valence-corrected chi connectivity index (χ3v) is 5.49. The van der Waals surface area contributed by atoms with Crippen molar-refractivity contribution in [3.05, 3.63) is 29.8 Å². The molecular weight excluding hydrogens is 316 g/mol. The molecule has 1 aromatic carbocycles. The minimum Gasteiger partial charge on any atom is -0.465 e. The molecule has 0 unspecified atom stereocenters. The van der Waals surface area contributed by atoms with Crippen molar-refractivity contribution < 1.29 is 17.9 Å². The predicted octanol–water partition coefficient (Wildman–Crippen LogP) is 1.63. The van der Waals surface area contributed by atoms with Crippen LogP contribution < -0.4 is 4.72 Å². The van der Waals surface area contributed by atoms with Crippen LogP contribution in [0.4, 0.5) is 0 Å². The summed E-state index contributed by atoms with van der Waals surface area (Å²) in [6, 6.07) is 6.07. The highest BCUT2D eigenvalue weighted by molar-refractivity contribution is 7.89. The van der Waals surface area contributed by atoms with E-state index in [1.165, 1.54) is 38.5 Å². The summed E-state index contributed by atoms with van der Waals surface area (Å²) in [7, 11) is -2.48. The van der Waals surface area contributed by atoms with E-state index in [0.29, 0.717) is 6.54 Å². The summed E-state index contributed by atoms with van der Waals surface area (Å²) < 4.78 is 32.0. The molecule has 0 aromatic heterocycles. The van der Waals surface area contributed by atoms with Crippen LogP contribution in [-0.4, -0.2) is 52.6 Å². The molecule has 1 aliphatic heterocycles. The third-order valence-electron chi connectivity index (χ3n) is 3.97. The van der Waals surface area contributed by atoms with Crippen molar-refractivity contribution in [2.24, 2.45) is 0 Å². The number of sulfonamides is 1. The summed E-state index contributed by atoms with van der Waals surface area (Å²) in [6.45, 7) is 3.44. The highest BCUT2D eigenvalue weighted by atomic mass is 32.2. The first-order valence-electron chi connectivity index (χ1n) is 7.94. The van der Waals surface area contributed by atoms with E-state index >= 15 is 0 Å². The number of hydrogen-bond acceptors (Lipinski definition) is 5. The Morgan fingerprint density at radius 3 is 2.61 bits per heavy atom. The quantitative estimate of drug-likeness (QED) is 0.603. The van der Waals surface area contributed by atoms with Gasteiger partial charge in [-0.05, 0) is 51.0 Å². The Morgan fingerprint density at radius 1 is 1.22 bits per heavy atom. The molecule has 0 spiro atoms. The average Bonchev–Trinajstić information content (AvgIpc) is 2.59. The maximum absolute atomic E-state index is 12.4. The number of ether oxygens (including phenoxy) is 1. The van der Waals surface area contributed by atoms with Gasteiger partial charge in [0.05, 0.1) is 17.6 Å². The summed E-state index contributed by atoms with van der Waals surface area (Å²) in [5.41, 5.74) is 0.0542. The van der Waals surface area contributed by atoms with Crippen LogP contribution in [0.2, 0.25) is 0 Å². The molecule has 1 N–H and O–H groups in total. The van der Waals surface area contributed by atoms with E-state index < -0.39 is 16.0 Å². The lowest BCUT2D eigenvalue weighted by atomic mass is 10.1. The molecule has 7 heteroatoms. The standard InChI is InChI=1S/C16H24N2O4S/c1-22-16(19)14-8-3-4-9-15(14)23(20,21)17-10-7-13-18-11-5-2-6-12-18/h3-4,8-9,17H,2,5-7,10-13H2,1H3. The molecule has 0 aliphatic carbocycles. The molecule has 2 rings (SSSR count). The summed E-state index contributed by atoms with van der Waals surface area (Å²) in [5, 5.41) is 0. The second kappa shape index (κ2) is 8.42. The van der Waals surface area contributed by atoms with Crippen LogP contribution in [0, 0.1) is 0 Å². The Bertz CT molecular complexity index is 625. The lowest BCUT2D eigenvalue weighted by Crippen LogP contribution is -2.33. The van der Waals surface area contributed by atoms with Crippen molar-refractivity contribution in [2.75, 3.05) is 33.3 Å². The van der Waals surface area contributed by atoms with Crippen LogP contribution in [-0.2, 0) is 14.8 Å². The van der Waals surface area contributed by atoms with Crippen LogP contribution in [0.15, 0.2) is 29.2 Å². The van der Waals surface area contributed by atoms with E-state index in [4.69, 9.17) is 0 Å². The molecule has 1 fully saturated rings. The van der Waals surface area contributed by atoms with Gasteiger partial charge in [0.2, 0.25) is 10.0 Å². The first-order valence-corrected chi connectivity index (χ1v) is 9.42. The van der Waals surface area contributed by atoms with Crippen LogP contribution >= 0.6 is 0 Å². The number of carbonyl (C=O) groups excluding carboxylic acids is 1. The monoisotopic (exact) mass is 340 g/mol. The van der Waals surface area contributed by atoms with Gasteiger partial charge in [0, 0.05) is 6.54 Å². The fraction of sp³-hybridized carbons (Fsp3) is 0.562. The van der Waals surface area contributed by atoms with Gasteiger partial charge < -0.3 is 9.64 Å². The van der Waals surface area contributed by atoms with Gasteiger partial charge in [0.25, 0.3) is 0 Å². The van der Waals surface area contributed by atoms with E-state index in [9.17, 15) is 13.2 Å². The Kier molecular flexibility index (Phi) is 6.56. The van der Waals surface area contributed by atoms with Crippen LogP contribution in [0.5, 0.6) is 0 Å². The van der Waals surface area contributed by atoms with Crippen molar-refractivity contribution in [3.8, 4) is 0 Å². The van der Waals surface area contributed by atoms with Crippen molar-refractivity contribution in [1.82, 2.24) is 9.62 Å². The maximum Gasteiger partial charge on any atom is 0.339 e. The van der Waals surface area contributed by atoms with Crippen LogP contribution in [0.1, 0.15) is 36.0 Å². The van der Waals surface area contributed by atoms with Gasteiger partial charge in [-0.3, -0.25) is 0 Å². The number of nitrogens with zero attached hydrogens (tertiary/aromatic N) is 1. The number of benzene rings is 1. The van der Waals surface area contributed by atoms with E-state index in [1.807, 2.05) is 0 Å². The SMILES string of the molecule is COC(=O)c1ccccc1S(=O)(=O)NCCCN1CCCCC1. The van der Waals surface area contributed by atoms with E-state index in [1.54, 1.807) is 12.1 Å². The molecule has 23 heavy (non-hydrogen) atoms. The summed E-state index contributed by atoms with van der Waals surface area (Å²) in [4.78, 5) is 14.0. The lowest BCUT2D eigenvalue weighted by Gasteiger charge is -2.26. The average molecular weight is 340 g/mol. The zero-order valence-electron chi connectivity index (χ0n) is 13.5. The molecule has 1 aliphatic rings. The van der Waals surface area contributed by atoms with Crippen molar-refractivity contribution in [1.29, 1.82) is 0 Å². The molecule has 6 nitrogen and oxygen atoms in total. The predicted molar refractivity (Wildman–Crippen MR) is 87.9 cm³/mol. The number of methoxy groups -OCH3 is 1. The van der Waals surface area contributed by atoms with Gasteiger partial charge in [-0.1, -0.05) is 18.6 Å². The summed E-state index contributed by atoms with van der Waals surface area (Å²) in [6.07, 6.45) is 4.48. The number of likely N-dealkylation sites (tertiary alicyclic amines) is 1. The summed E-state index contributed by atoms with van der Waals surface area (Å²) in [5.74, 6) is -0.653. The second-order valence-corrected chi connectivity index (χ2v) is 7.38. The molecule has 128 valence electrons. The molecule has 1 aromatic rings. The lowest BCUT2D eigenvalue weighted by molar-refractivity contribution is 0.0596. The number of carbonyl (C=O) groups is 1. The Hall–Kier alpha value is -1.44. The molecule has 0 radical (unpaired) electrons. The van der Waals surface area contributed by atoms with Crippen molar-refractivity contribution in [2.45, 2.75) is 30.6 Å². The number of hydrogen-bond donors (Lipinski definition) is 1. The zero-order valence-corrected chi connectivity index (χ0v) is 14.3. The molecule has 0 atom stereocenters.